The molecule has 0 unspecified atom stereocenters. The van der Waals surface area contributed by atoms with Crippen LogP contribution in [0, 0.1) is 13.8 Å². The molecule has 3 rings (SSSR count). The number of methoxy groups -OCH3 is 1. The van der Waals surface area contributed by atoms with Crippen molar-refractivity contribution in [3.05, 3.63) is 63.1 Å². The van der Waals surface area contributed by atoms with Crippen molar-refractivity contribution in [1.82, 2.24) is 9.88 Å². The average Bonchev–Trinajstić information content (AvgIpc) is 2.62. The van der Waals surface area contributed by atoms with Crippen molar-refractivity contribution < 1.29 is 4.74 Å². The van der Waals surface area contributed by atoms with Gasteiger partial charge >= 0.3 is 0 Å². The minimum Gasteiger partial charge on any atom is -0.497 e. The Hall–Kier alpha value is -2.07. The number of hydrogen-bond acceptors (Lipinski definition) is 3. The maximum absolute atomic E-state index is 12.2. The summed E-state index contributed by atoms with van der Waals surface area (Å²) < 4.78 is 5.38. The maximum atomic E-state index is 12.2. The van der Waals surface area contributed by atoms with Crippen LogP contribution in [0.5, 0.6) is 5.75 Å². The zero-order valence-electron chi connectivity index (χ0n) is 14.8. The number of ether oxygens (including phenoxy) is 1. The normalized spacial score (nSPS) is 18.5. The molecule has 1 aliphatic heterocycles. The standard InChI is InChI=1S/C20H26N2O2/c1-14-12-21-18(15(2)20(14)23)13-22-10-5-4-9-19(22)16-7-6-8-17(11-16)24-3/h6-8,11-12,19H,4-5,9-10,13H2,1-3H3,(H,21,23)/t19-/m0/s1. The Kier molecular flexibility index (Phi) is 5.05. The molecule has 128 valence electrons. The second-order valence-corrected chi connectivity index (χ2v) is 6.66. The first-order chi connectivity index (χ1) is 11.6. The summed E-state index contributed by atoms with van der Waals surface area (Å²) in [6, 6.07) is 8.72. The smallest absolute Gasteiger partial charge is 0.187 e. The van der Waals surface area contributed by atoms with E-state index in [1.807, 2.05) is 26.1 Å². The third-order valence-corrected chi connectivity index (χ3v) is 5.07. The number of hydrogen-bond donors (Lipinski definition) is 1. The Bertz CT molecular complexity index is 766. The van der Waals surface area contributed by atoms with E-state index in [0.29, 0.717) is 6.04 Å². The van der Waals surface area contributed by atoms with Crippen LogP contribution in [0.25, 0.3) is 0 Å². The van der Waals surface area contributed by atoms with Crippen LogP contribution in [-0.4, -0.2) is 23.5 Å². The van der Waals surface area contributed by atoms with Crippen molar-refractivity contribution >= 4 is 0 Å². The van der Waals surface area contributed by atoms with Crippen LogP contribution in [0.2, 0.25) is 0 Å². The molecule has 0 bridgehead atoms. The fraction of sp³-hybridized carbons (Fsp3) is 0.450. The van der Waals surface area contributed by atoms with Crippen LogP contribution in [0.3, 0.4) is 0 Å². The lowest BCUT2D eigenvalue weighted by Gasteiger charge is -2.36. The lowest BCUT2D eigenvalue weighted by Crippen LogP contribution is -2.34. The molecule has 0 saturated carbocycles. The Morgan fingerprint density at radius 3 is 2.92 bits per heavy atom. The van der Waals surface area contributed by atoms with Gasteiger partial charge in [0.1, 0.15) is 5.75 Å². The number of aryl methyl sites for hydroxylation is 1. The minimum absolute atomic E-state index is 0.152. The van der Waals surface area contributed by atoms with Gasteiger partial charge in [-0.2, -0.15) is 0 Å². The molecule has 0 amide bonds. The number of rotatable bonds is 4. The number of aromatic nitrogens is 1. The molecule has 1 fully saturated rings. The predicted octanol–water partition coefficient (Wildman–Crippen LogP) is 3.73. The van der Waals surface area contributed by atoms with E-state index in [-0.39, 0.29) is 5.43 Å². The second-order valence-electron chi connectivity index (χ2n) is 6.66. The first-order valence-electron chi connectivity index (χ1n) is 8.66. The molecule has 1 saturated heterocycles. The summed E-state index contributed by atoms with van der Waals surface area (Å²) in [5.74, 6) is 0.901. The van der Waals surface area contributed by atoms with Gasteiger partial charge in [-0.15, -0.1) is 0 Å². The first kappa shape index (κ1) is 16.8. The van der Waals surface area contributed by atoms with E-state index >= 15 is 0 Å². The van der Waals surface area contributed by atoms with Crippen molar-refractivity contribution in [2.24, 2.45) is 0 Å². The highest BCUT2D eigenvalue weighted by atomic mass is 16.5. The summed E-state index contributed by atoms with van der Waals surface area (Å²) in [6.45, 7) is 5.61. The van der Waals surface area contributed by atoms with Gasteiger partial charge in [-0.1, -0.05) is 18.6 Å². The summed E-state index contributed by atoms with van der Waals surface area (Å²) in [4.78, 5) is 18.0. The van der Waals surface area contributed by atoms with E-state index in [1.165, 1.54) is 18.4 Å². The fourth-order valence-electron chi connectivity index (χ4n) is 3.58. The van der Waals surface area contributed by atoms with Crippen molar-refractivity contribution in [3.63, 3.8) is 0 Å². The molecule has 0 aliphatic carbocycles. The molecule has 1 atom stereocenters. The second kappa shape index (κ2) is 7.22. The van der Waals surface area contributed by atoms with Crippen LogP contribution in [0.1, 0.15) is 47.7 Å². The third-order valence-electron chi connectivity index (χ3n) is 5.07. The molecule has 2 aromatic rings. The molecular formula is C20H26N2O2. The Labute approximate surface area is 143 Å². The van der Waals surface area contributed by atoms with E-state index < -0.39 is 0 Å². The summed E-state index contributed by atoms with van der Waals surface area (Å²) in [6.07, 6.45) is 5.41. The summed E-state index contributed by atoms with van der Waals surface area (Å²) in [5.41, 5.74) is 4.09. The molecule has 4 nitrogen and oxygen atoms in total. The molecule has 2 heterocycles. The number of benzene rings is 1. The molecular weight excluding hydrogens is 300 g/mol. The number of H-pyrrole nitrogens is 1. The van der Waals surface area contributed by atoms with Crippen LogP contribution >= 0.6 is 0 Å². The van der Waals surface area contributed by atoms with Crippen LogP contribution in [0.15, 0.2) is 35.3 Å². The number of piperidine rings is 1. The molecule has 1 N–H and O–H groups in total. The van der Waals surface area contributed by atoms with Gasteiger partial charge in [0.2, 0.25) is 0 Å². The van der Waals surface area contributed by atoms with Crippen LogP contribution in [0.4, 0.5) is 0 Å². The Morgan fingerprint density at radius 2 is 2.12 bits per heavy atom. The van der Waals surface area contributed by atoms with E-state index in [2.05, 4.69) is 28.1 Å². The van der Waals surface area contributed by atoms with Gasteiger partial charge < -0.3 is 9.72 Å². The van der Waals surface area contributed by atoms with Crippen molar-refractivity contribution in [3.8, 4) is 5.75 Å². The van der Waals surface area contributed by atoms with Gasteiger partial charge in [0.15, 0.2) is 5.43 Å². The number of aromatic amines is 1. The molecule has 1 aliphatic rings. The summed E-state index contributed by atoms with van der Waals surface area (Å²) in [7, 11) is 1.71. The van der Waals surface area contributed by atoms with Gasteiger partial charge in [0, 0.05) is 35.6 Å². The van der Waals surface area contributed by atoms with Gasteiger partial charge in [-0.25, -0.2) is 0 Å². The summed E-state index contributed by atoms with van der Waals surface area (Å²) in [5, 5.41) is 0. The highest BCUT2D eigenvalue weighted by molar-refractivity contribution is 5.31. The minimum atomic E-state index is 0.152. The van der Waals surface area contributed by atoms with Crippen molar-refractivity contribution in [1.29, 1.82) is 0 Å². The SMILES string of the molecule is COc1cccc([C@@H]2CCCCN2Cc2[nH]cc(C)c(=O)c2C)c1. The number of nitrogens with zero attached hydrogens (tertiary/aromatic N) is 1. The highest BCUT2D eigenvalue weighted by Gasteiger charge is 2.25. The zero-order chi connectivity index (χ0) is 17.1. The molecule has 24 heavy (non-hydrogen) atoms. The Balaban J connectivity index is 1.87. The molecule has 1 aromatic carbocycles. The Morgan fingerprint density at radius 1 is 1.29 bits per heavy atom. The van der Waals surface area contributed by atoms with Gasteiger partial charge in [-0.3, -0.25) is 9.69 Å². The number of likely N-dealkylation sites (tertiary alicyclic amines) is 1. The van der Waals surface area contributed by atoms with E-state index in [9.17, 15) is 4.79 Å². The van der Waals surface area contributed by atoms with Crippen LogP contribution < -0.4 is 10.2 Å². The van der Waals surface area contributed by atoms with Crippen molar-refractivity contribution in [2.45, 2.75) is 45.7 Å². The lowest BCUT2D eigenvalue weighted by atomic mass is 9.94. The molecule has 0 spiro atoms. The lowest BCUT2D eigenvalue weighted by molar-refractivity contribution is 0.138. The number of nitrogens with one attached hydrogen (secondary N) is 1. The first-order valence-corrected chi connectivity index (χ1v) is 8.66. The van der Waals surface area contributed by atoms with E-state index in [1.54, 1.807) is 7.11 Å². The summed E-state index contributed by atoms with van der Waals surface area (Å²) >= 11 is 0. The number of pyridine rings is 1. The molecule has 1 aromatic heterocycles. The largest absolute Gasteiger partial charge is 0.497 e. The predicted molar refractivity (Wildman–Crippen MR) is 96.5 cm³/mol. The van der Waals surface area contributed by atoms with Crippen molar-refractivity contribution in [2.75, 3.05) is 13.7 Å². The average molecular weight is 326 g/mol. The molecule has 4 heteroatoms. The van der Waals surface area contributed by atoms with Gasteiger partial charge in [0.25, 0.3) is 0 Å². The van der Waals surface area contributed by atoms with E-state index in [4.69, 9.17) is 4.74 Å². The quantitative estimate of drug-likeness (QED) is 0.931. The van der Waals surface area contributed by atoms with Gasteiger partial charge in [-0.05, 0) is 50.9 Å². The molecule has 0 radical (unpaired) electrons. The van der Waals surface area contributed by atoms with E-state index in [0.717, 1.165) is 42.1 Å². The monoisotopic (exact) mass is 326 g/mol. The third kappa shape index (κ3) is 3.39. The highest BCUT2D eigenvalue weighted by Crippen LogP contribution is 2.33. The van der Waals surface area contributed by atoms with Gasteiger partial charge in [0.05, 0.1) is 7.11 Å². The zero-order valence-corrected chi connectivity index (χ0v) is 14.8. The topological polar surface area (TPSA) is 45.3 Å². The fourth-order valence-corrected chi connectivity index (χ4v) is 3.58. The van der Waals surface area contributed by atoms with Crippen LogP contribution in [-0.2, 0) is 6.54 Å². The maximum Gasteiger partial charge on any atom is 0.187 e.